The third kappa shape index (κ3) is 2.91. The quantitative estimate of drug-likeness (QED) is 0.804. The van der Waals surface area contributed by atoms with Gasteiger partial charge in [0.15, 0.2) is 0 Å². The molecular weight excluding hydrogens is 345 g/mol. The van der Waals surface area contributed by atoms with Gasteiger partial charge in [-0.1, -0.05) is 29.3 Å². The lowest BCUT2D eigenvalue weighted by Gasteiger charge is -2.33. The van der Waals surface area contributed by atoms with E-state index in [-0.39, 0.29) is 6.61 Å². The van der Waals surface area contributed by atoms with Crippen molar-refractivity contribution < 1.29 is 9.84 Å². The van der Waals surface area contributed by atoms with Crippen molar-refractivity contribution in [1.82, 2.24) is 4.98 Å². The predicted molar refractivity (Wildman–Crippen MR) is 87.9 cm³/mol. The Morgan fingerprint density at radius 2 is 2.05 bits per heavy atom. The molecule has 2 aromatic rings. The number of aromatic nitrogens is 1. The van der Waals surface area contributed by atoms with Gasteiger partial charge in [0.05, 0.1) is 9.90 Å². The van der Waals surface area contributed by atoms with Crippen LogP contribution in [0.5, 0.6) is 5.75 Å². The summed E-state index contributed by atoms with van der Waals surface area (Å²) in [7, 11) is 0. The Kier molecular flexibility index (Phi) is 4.25. The SMILES string of the molecule is OC(COc1ccc(Cl)cc1Cl)(c1cccnc1)C1(Cl)CC1. The second-order valence-corrected chi connectivity index (χ2v) is 7.00. The predicted octanol–water partition coefficient (Wildman–Crippen LogP) is 4.43. The van der Waals surface area contributed by atoms with E-state index >= 15 is 0 Å². The number of rotatable bonds is 5. The van der Waals surface area contributed by atoms with E-state index in [4.69, 9.17) is 39.5 Å². The highest BCUT2D eigenvalue weighted by Crippen LogP contribution is 2.55. The van der Waals surface area contributed by atoms with Gasteiger partial charge in [-0.2, -0.15) is 0 Å². The maximum absolute atomic E-state index is 11.1. The van der Waals surface area contributed by atoms with Gasteiger partial charge in [0.1, 0.15) is 18.0 Å². The van der Waals surface area contributed by atoms with E-state index < -0.39 is 10.5 Å². The number of benzene rings is 1. The minimum atomic E-state index is -1.33. The van der Waals surface area contributed by atoms with Crippen molar-refractivity contribution in [3.05, 3.63) is 58.3 Å². The van der Waals surface area contributed by atoms with E-state index in [1.807, 2.05) is 0 Å². The summed E-state index contributed by atoms with van der Waals surface area (Å²) in [6.07, 6.45) is 4.69. The molecule has 1 aromatic carbocycles. The Hall–Kier alpha value is -1.00. The van der Waals surface area contributed by atoms with Crippen molar-refractivity contribution >= 4 is 34.8 Å². The lowest BCUT2D eigenvalue weighted by Crippen LogP contribution is -2.43. The summed E-state index contributed by atoms with van der Waals surface area (Å²) in [6.45, 7) is -0.0104. The molecule has 1 N–H and O–H groups in total. The third-order valence-corrected chi connectivity index (χ3v) is 5.12. The lowest BCUT2D eigenvalue weighted by atomic mass is 9.90. The second-order valence-electron chi connectivity index (χ2n) is 5.43. The van der Waals surface area contributed by atoms with Crippen LogP contribution in [-0.4, -0.2) is 21.6 Å². The number of halogens is 3. The highest BCUT2D eigenvalue weighted by atomic mass is 35.5. The number of alkyl halides is 1. The van der Waals surface area contributed by atoms with Crippen LogP contribution in [0.3, 0.4) is 0 Å². The molecule has 1 unspecified atom stereocenters. The first-order valence-electron chi connectivity index (χ1n) is 6.84. The summed E-state index contributed by atoms with van der Waals surface area (Å²) in [5, 5.41) is 12.0. The van der Waals surface area contributed by atoms with Crippen molar-refractivity contribution in [3.8, 4) is 5.75 Å². The zero-order valence-corrected chi connectivity index (χ0v) is 13.9. The summed E-state index contributed by atoms with van der Waals surface area (Å²) < 4.78 is 5.73. The van der Waals surface area contributed by atoms with Gasteiger partial charge in [-0.15, -0.1) is 11.6 Å². The van der Waals surface area contributed by atoms with Gasteiger partial charge in [0.2, 0.25) is 0 Å². The zero-order chi connectivity index (χ0) is 15.8. The molecule has 1 aliphatic rings. The molecule has 1 atom stereocenters. The second kappa shape index (κ2) is 5.89. The minimum absolute atomic E-state index is 0.0104. The van der Waals surface area contributed by atoms with Crippen LogP contribution in [-0.2, 0) is 5.60 Å². The molecule has 0 spiro atoms. The van der Waals surface area contributed by atoms with Crippen LogP contribution in [0.1, 0.15) is 18.4 Å². The van der Waals surface area contributed by atoms with E-state index in [0.717, 1.165) is 12.8 Å². The fraction of sp³-hybridized carbons (Fsp3) is 0.312. The Balaban J connectivity index is 1.86. The number of hydrogen-bond acceptors (Lipinski definition) is 3. The number of nitrogens with zero attached hydrogens (tertiary/aromatic N) is 1. The van der Waals surface area contributed by atoms with E-state index in [1.54, 1.807) is 42.7 Å². The molecular formula is C16H14Cl3NO2. The molecule has 1 aromatic heterocycles. The van der Waals surface area contributed by atoms with Gasteiger partial charge in [0, 0.05) is 23.0 Å². The Morgan fingerprint density at radius 1 is 1.27 bits per heavy atom. The summed E-state index contributed by atoms with van der Waals surface area (Å²) in [5.74, 6) is 0.453. The normalized spacial score (nSPS) is 18.5. The average Bonchev–Trinajstić information content (AvgIpc) is 3.26. The van der Waals surface area contributed by atoms with Crippen molar-refractivity contribution in [2.45, 2.75) is 23.3 Å². The van der Waals surface area contributed by atoms with E-state index in [2.05, 4.69) is 4.98 Å². The summed E-state index contributed by atoms with van der Waals surface area (Å²) >= 11 is 18.5. The van der Waals surface area contributed by atoms with Crippen LogP contribution in [0.2, 0.25) is 10.0 Å². The van der Waals surface area contributed by atoms with E-state index in [0.29, 0.717) is 21.4 Å². The molecule has 3 nitrogen and oxygen atoms in total. The van der Waals surface area contributed by atoms with E-state index in [9.17, 15) is 5.11 Å². The largest absolute Gasteiger partial charge is 0.489 e. The fourth-order valence-corrected chi connectivity index (χ4v) is 3.10. The van der Waals surface area contributed by atoms with Crippen LogP contribution in [0, 0.1) is 0 Å². The summed E-state index contributed by atoms with van der Waals surface area (Å²) in [4.78, 5) is 3.33. The van der Waals surface area contributed by atoms with Crippen molar-refractivity contribution in [2.24, 2.45) is 0 Å². The van der Waals surface area contributed by atoms with Gasteiger partial charge in [-0.3, -0.25) is 4.98 Å². The van der Waals surface area contributed by atoms with Crippen molar-refractivity contribution in [3.63, 3.8) is 0 Å². The Bertz CT molecular complexity index is 676. The zero-order valence-electron chi connectivity index (χ0n) is 11.6. The molecule has 0 bridgehead atoms. The van der Waals surface area contributed by atoms with Crippen LogP contribution < -0.4 is 4.74 Å². The van der Waals surface area contributed by atoms with Gasteiger partial charge in [-0.25, -0.2) is 0 Å². The maximum Gasteiger partial charge on any atom is 0.144 e. The maximum atomic E-state index is 11.1. The molecule has 1 fully saturated rings. The summed E-state index contributed by atoms with van der Waals surface area (Å²) in [6, 6.07) is 8.50. The van der Waals surface area contributed by atoms with Gasteiger partial charge in [-0.05, 0) is 37.1 Å². The standard InChI is InChI=1S/C16H14Cl3NO2/c17-12-3-4-14(13(18)8-12)22-10-16(21,15(19)5-6-15)11-2-1-7-20-9-11/h1-4,7-9,21H,5-6,10H2. The minimum Gasteiger partial charge on any atom is -0.489 e. The molecule has 22 heavy (non-hydrogen) atoms. The molecule has 6 heteroatoms. The van der Waals surface area contributed by atoms with Crippen LogP contribution in [0.25, 0.3) is 0 Å². The molecule has 0 amide bonds. The molecule has 1 saturated carbocycles. The van der Waals surface area contributed by atoms with Gasteiger partial charge < -0.3 is 9.84 Å². The highest BCUT2D eigenvalue weighted by molar-refractivity contribution is 6.35. The Morgan fingerprint density at radius 3 is 2.64 bits per heavy atom. The number of pyridine rings is 1. The van der Waals surface area contributed by atoms with Crippen LogP contribution >= 0.6 is 34.8 Å². The average molecular weight is 359 g/mol. The number of aliphatic hydroxyl groups is 1. The number of ether oxygens (including phenoxy) is 1. The van der Waals surface area contributed by atoms with E-state index in [1.165, 1.54) is 0 Å². The smallest absolute Gasteiger partial charge is 0.144 e. The first kappa shape index (κ1) is 15.9. The molecule has 0 saturated heterocycles. The summed E-state index contributed by atoms with van der Waals surface area (Å²) in [5.41, 5.74) is -0.696. The number of hydrogen-bond donors (Lipinski definition) is 1. The fourth-order valence-electron chi connectivity index (χ4n) is 2.38. The first-order chi connectivity index (χ1) is 10.4. The third-order valence-electron chi connectivity index (χ3n) is 3.90. The molecule has 1 heterocycles. The molecule has 0 radical (unpaired) electrons. The van der Waals surface area contributed by atoms with Crippen molar-refractivity contribution in [1.29, 1.82) is 0 Å². The molecule has 116 valence electrons. The lowest BCUT2D eigenvalue weighted by molar-refractivity contribution is -0.0205. The van der Waals surface area contributed by atoms with Crippen LogP contribution in [0.4, 0.5) is 0 Å². The van der Waals surface area contributed by atoms with Gasteiger partial charge in [0.25, 0.3) is 0 Å². The van der Waals surface area contributed by atoms with Crippen LogP contribution in [0.15, 0.2) is 42.7 Å². The molecule has 1 aliphatic carbocycles. The highest BCUT2D eigenvalue weighted by Gasteiger charge is 2.59. The monoisotopic (exact) mass is 357 g/mol. The van der Waals surface area contributed by atoms with Gasteiger partial charge >= 0.3 is 0 Å². The molecule has 3 rings (SSSR count). The van der Waals surface area contributed by atoms with Crippen molar-refractivity contribution in [2.75, 3.05) is 6.61 Å². The Labute approximate surface area is 143 Å². The topological polar surface area (TPSA) is 42.4 Å². The molecule has 0 aliphatic heterocycles. The first-order valence-corrected chi connectivity index (χ1v) is 7.98.